The molecule has 0 aromatic carbocycles. The van der Waals surface area contributed by atoms with Crippen molar-refractivity contribution in [2.45, 2.75) is 71.4 Å². The van der Waals surface area contributed by atoms with Crippen LogP contribution in [0.5, 0.6) is 0 Å². The lowest BCUT2D eigenvalue weighted by Gasteiger charge is -2.46. The third kappa shape index (κ3) is 4.16. The molecule has 120 valence electrons. The molecule has 1 rings (SSSR count). The van der Waals surface area contributed by atoms with Gasteiger partial charge in [0.05, 0.1) is 0 Å². The summed E-state index contributed by atoms with van der Waals surface area (Å²) in [4.78, 5) is 0. The molecule has 0 heterocycles. The minimum Gasteiger partial charge on any atom is -0.329 e. The van der Waals surface area contributed by atoms with Gasteiger partial charge in [-0.1, -0.05) is 26.7 Å². The second-order valence-corrected chi connectivity index (χ2v) is 8.75. The summed E-state index contributed by atoms with van der Waals surface area (Å²) in [6, 6.07) is 0. The van der Waals surface area contributed by atoms with Gasteiger partial charge in [0.1, 0.15) is 0 Å². The molecule has 20 heavy (non-hydrogen) atoms. The molecule has 0 bridgehead atoms. The third-order valence-corrected chi connectivity index (χ3v) is 6.09. The molecule has 6 heteroatoms. The van der Waals surface area contributed by atoms with Gasteiger partial charge >= 0.3 is 0 Å². The summed E-state index contributed by atoms with van der Waals surface area (Å²) in [6.07, 6.45) is 3.90. The predicted octanol–water partition coefficient (Wildman–Crippen LogP) is 1.85. The van der Waals surface area contributed by atoms with Gasteiger partial charge in [-0.25, -0.2) is 0 Å². The Labute approximate surface area is 124 Å². The highest BCUT2D eigenvalue weighted by atomic mass is 32.2. The Morgan fingerprint density at radius 3 is 2.40 bits per heavy atom. The van der Waals surface area contributed by atoms with Crippen LogP contribution in [0, 0.1) is 5.92 Å². The van der Waals surface area contributed by atoms with Crippen LogP contribution >= 0.6 is 0 Å². The van der Waals surface area contributed by atoms with Crippen molar-refractivity contribution >= 4 is 10.2 Å². The first-order valence-electron chi connectivity index (χ1n) is 7.58. The molecule has 3 N–H and O–H groups in total. The monoisotopic (exact) mass is 305 g/mol. The number of rotatable bonds is 5. The molecule has 0 amide bonds. The first-order chi connectivity index (χ1) is 9.06. The average molecular weight is 305 g/mol. The van der Waals surface area contributed by atoms with E-state index < -0.39 is 21.3 Å². The van der Waals surface area contributed by atoms with Crippen molar-refractivity contribution in [2.75, 3.05) is 13.1 Å². The minimum atomic E-state index is -3.52. The van der Waals surface area contributed by atoms with Gasteiger partial charge in [-0.2, -0.15) is 17.4 Å². The van der Waals surface area contributed by atoms with Gasteiger partial charge in [0, 0.05) is 24.2 Å². The number of hydrogen-bond donors (Lipinski definition) is 2. The minimum absolute atomic E-state index is 0.385. The van der Waals surface area contributed by atoms with Gasteiger partial charge in [-0.3, -0.25) is 0 Å². The van der Waals surface area contributed by atoms with Crippen molar-refractivity contribution in [1.29, 1.82) is 0 Å². The summed E-state index contributed by atoms with van der Waals surface area (Å²) >= 11 is 0. The summed E-state index contributed by atoms with van der Waals surface area (Å²) in [6.45, 7) is 10.5. The first-order valence-corrected chi connectivity index (χ1v) is 9.02. The van der Waals surface area contributed by atoms with Crippen molar-refractivity contribution in [2.24, 2.45) is 11.7 Å². The van der Waals surface area contributed by atoms with Gasteiger partial charge in [0.25, 0.3) is 10.2 Å². The van der Waals surface area contributed by atoms with E-state index in [9.17, 15) is 8.42 Å². The Kier molecular flexibility index (Phi) is 5.63. The maximum atomic E-state index is 12.7. The molecular weight excluding hydrogens is 274 g/mol. The van der Waals surface area contributed by atoms with Crippen molar-refractivity contribution in [3.05, 3.63) is 0 Å². The van der Waals surface area contributed by atoms with E-state index in [-0.39, 0.29) is 0 Å². The second-order valence-electron chi connectivity index (χ2n) is 7.15. The fourth-order valence-corrected chi connectivity index (χ4v) is 5.32. The molecule has 1 aliphatic carbocycles. The smallest absolute Gasteiger partial charge is 0.280 e. The summed E-state index contributed by atoms with van der Waals surface area (Å²) in [5.74, 6) is 0.520. The summed E-state index contributed by atoms with van der Waals surface area (Å²) in [5, 5.41) is 0. The average Bonchev–Trinajstić information content (AvgIpc) is 2.26. The molecule has 0 aliphatic heterocycles. The number of nitrogens with zero attached hydrogens (tertiary/aromatic N) is 1. The summed E-state index contributed by atoms with van der Waals surface area (Å²) in [7, 11) is -3.52. The Morgan fingerprint density at radius 2 is 2.00 bits per heavy atom. The Hall–Kier alpha value is -0.170. The van der Waals surface area contributed by atoms with Crippen LogP contribution < -0.4 is 10.5 Å². The maximum absolute atomic E-state index is 12.7. The molecule has 5 nitrogen and oxygen atoms in total. The van der Waals surface area contributed by atoms with Crippen LogP contribution in [0.2, 0.25) is 0 Å². The molecule has 1 saturated carbocycles. The van der Waals surface area contributed by atoms with E-state index in [1.165, 1.54) is 0 Å². The maximum Gasteiger partial charge on any atom is 0.280 e. The number of hydrogen-bond acceptors (Lipinski definition) is 3. The second kappa shape index (κ2) is 6.30. The van der Waals surface area contributed by atoms with Crippen molar-refractivity contribution in [3.63, 3.8) is 0 Å². The number of likely N-dealkylation sites (N-methyl/N-ethyl adjacent to an activating group) is 1. The zero-order valence-electron chi connectivity index (χ0n) is 13.6. The third-order valence-electron chi connectivity index (χ3n) is 3.99. The lowest BCUT2D eigenvalue weighted by Crippen LogP contribution is -2.62. The van der Waals surface area contributed by atoms with Crippen molar-refractivity contribution in [1.82, 2.24) is 9.03 Å². The zero-order chi connectivity index (χ0) is 15.6. The van der Waals surface area contributed by atoms with Gasteiger partial charge in [0.15, 0.2) is 0 Å². The molecule has 0 saturated heterocycles. The van der Waals surface area contributed by atoms with Gasteiger partial charge in [-0.05, 0) is 39.5 Å². The lowest BCUT2D eigenvalue weighted by molar-refractivity contribution is 0.110. The van der Waals surface area contributed by atoms with Crippen LogP contribution in [0.4, 0.5) is 0 Å². The molecule has 0 spiro atoms. The van der Waals surface area contributed by atoms with E-state index in [0.717, 1.165) is 25.7 Å². The lowest BCUT2D eigenvalue weighted by atomic mass is 9.76. The highest BCUT2D eigenvalue weighted by Gasteiger charge is 2.44. The molecule has 0 radical (unpaired) electrons. The Morgan fingerprint density at radius 1 is 1.40 bits per heavy atom. The Balaban J connectivity index is 3.09. The normalized spacial score (nSPS) is 28.9. The van der Waals surface area contributed by atoms with Crippen LogP contribution in [0.3, 0.4) is 0 Å². The van der Waals surface area contributed by atoms with Crippen molar-refractivity contribution in [3.8, 4) is 0 Å². The standard InChI is InChI=1S/C14H31N3O2S/c1-6-17(20(18,19)16-13(3,4)5)14(11-15)9-7-8-12(2)10-14/h12,16H,6-11,15H2,1-5H3. The number of nitrogens with one attached hydrogen (secondary N) is 1. The molecule has 1 aliphatic rings. The van der Waals surface area contributed by atoms with E-state index in [1.54, 1.807) is 4.31 Å². The summed E-state index contributed by atoms with van der Waals surface area (Å²) < 4.78 is 29.8. The molecule has 0 aromatic rings. The molecule has 0 aromatic heterocycles. The van der Waals surface area contributed by atoms with E-state index in [1.807, 2.05) is 27.7 Å². The van der Waals surface area contributed by atoms with Crippen LogP contribution in [-0.2, 0) is 10.2 Å². The van der Waals surface area contributed by atoms with E-state index >= 15 is 0 Å². The molecular formula is C14H31N3O2S. The van der Waals surface area contributed by atoms with E-state index in [0.29, 0.717) is 19.0 Å². The molecule has 2 unspecified atom stereocenters. The fourth-order valence-electron chi connectivity index (χ4n) is 3.35. The van der Waals surface area contributed by atoms with E-state index in [2.05, 4.69) is 11.6 Å². The highest BCUT2D eigenvalue weighted by molar-refractivity contribution is 7.87. The Bertz CT molecular complexity index is 417. The SMILES string of the molecule is CCN(C1(CN)CCCC(C)C1)S(=O)(=O)NC(C)(C)C. The predicted molar refractivity (Wildman–Crippen MR) is 83.6 cm³/mol. The van der Waals surface area contributed by atoms with Crippen LogP contribution in [-0.4, -0.2) is 36.9 Å². The number of nitrogens with two attached hydrogens (primary N) is 1. The van der Waals surface area contributed by atoms with Crippen LogP contribution in [0.25, 0.3) is 0 Å². The topological polar surface area (TPSA) is 75.4 Å². The van der Waals surface area contributed by atoms with Crippen LogP contribution in [0.1, 0.15) is 60.3 Å². The summed E-state index contributed by atoms with van der Waals surface area (Å²) in [5.41, 5.74) is 5.09. The quantitative estimate of drug-likeness (QED) is 0.814. The highest BCUT2D eigenvalue weighted by Crippen LogP contribution is 2.37. The zero-order valence-corrected chi connectivity index (χ0v) is 14.4. The van der Waals surface area contributed by atoms with Gasteiger partial charge in [-0.15, -0.1) is 0 Å². The largest absolute Gasteiger partial charge is 0.329 e. The van der Waals surface area contributed by atoms with Crippen molar-refractivity contribution < 1.29 is 8.42 Å². The van der Waals surface area contributed by atoms with Crippen LogP contribution in [0.15, 0.2) is 0 Å². The van der Waals surface area contributed by atoms with Gasteiger partial charge < -0.3 is 5.73 Å². The van der Waals surface area contributed by atoms with Gasteiger partial charge in [0.2, 0.25) is 0 Å². The fraction of sp³-hybridized carbons (Fsp3) is 1.00. The first kappa shape index (κ1) is 17.9. The molecule has 2 atom stereocenters. The molecule has 1 fully saturated rings. The van der Waals surface area contributed by atoms with E-state index in [4.69, 9.17) is 5.73 Å².